The van der Waals surface area contributed by atoms with Gasteiger partial charge in [-0.15, -0.1) is 0 Å². The lowest BCUT2D eigenvalue weighted by molar-refractivity contribution is 0.0333. The molecule has 1 atom stereocenters. The van der Waals surface area contributed by atoms with Crippen LogP contribution in [0, 0.1) is 0 Å². The number of morpholine rings is 1. The first kappa shape index (κ1) is 20.8. The summed E-state index contributed by atoms with van der Waals surface area (Å²) in [5.41, 5.74) is 3.84. The Kier molecular flexibility index (Phi) is 6.97. The maximum atomic E-state index is 12.5. The molecule has 1 fully saturated rings. The summed E-state index contributed by atoms with van der Waals surface area (Å²) in [5.74, 6) is 0. The lowest BCUT2D eigenvalue weighted by Gasteiger charge is -2.31. The van der Waals surface area contributed by atoms with Crippen molar-refractivity contribution >= 4 is 11.6 Å². The van der Waals surface area contributed by atoms with Crippen LogP contribution in [-0.2, 0) is 11.3 Å². The molecular weight excluding hydrogens is 398 g/mol. The molecule has 1 aromatic heterocycles. The second-order valence-corrected chi connectivity index (χ2v) is 7.94. The summed E-state index contributed by atoms with van der Waals surface area (Å²) < 4.78 is 5.48. The molecule has 0 saturated carbocycles. The fourth-order valence-electron chi connectivity index (χ4n) is 3.72. The minimum absolute atomic E-state index is 0.0709. The van der Waals surface area contributed by atoms with Gasteiger partial charge < -0.3 is 15.0 Å². The number of rotatable bonds is 7. The van der Waals surface area contributed by atoms with E-state index in [9.17, 15) is 4.79 Å². The molecule has 0 amide bonds. The van der Waals surface area contributed by atoms with Crippen molar-refractivity contribution in [3.05, 3.63) is 93.4 Å². The number of pyridine rings is 1. The van der Waals surface area contributed by atoms with Gasteiger partial charge in [0.25, 0.3) is 5.56 Å². The summed E-state index contributed by atoms with van der Waals surface area (Å²) in [4.78, 5) is 17.7. The number of nitrogens with zero attached hydrogens (tertiary/aromatic N) is 1. The molecule has 2 heterocycles. The number of halogens is 1. The molecule has 0 radical (unpaired) electrons. The Morgan fingerprint density at radius 3 is 2.50 bits per heavy atom. The Morgan fingerprint density at radius 2 is 1.77 bits per heavy atom. The van der Waals surface area contributed by atoms with Gasteiger partial charge in [-0.3, -0.25) is 9.69 Å². The minimum Gasteiger partial charge on any atom is -0.379 e. The first-order chi connectivity index (χ1) is 14.7. The zero-order valence-corrected chi connectivity index (χ0v) is 17.6. The molecule has 1 saturated heterocycles. The zero-order chi connectivity index (χ0) is 20.8. The van der Waals surface area contributed by atoms with Gasteiger partial charge in [-0.25, -0.2) is 0 Å². The van der Waals surface area contributed by atoms with Crippen LogP contribution in [0.25, 0.3) is 11.1 Å². The van der Waals surface area contributed by atoms with Crippen molar-refractivity contribution in [2.24, 2.45) is 0 Å². The van der Waals surface area contributed by atoms with Gasteiger partial charge in [0.15, 0.2) is 0 Å². The van der Waals surface area contributed by atoms with Gasteiger partial charge >= 0.3 is 0 Å². The van der Waals surface area contributed by atoms with Crippen LogP contribution in [0.15, 0.2) is 71.7 Å². The third-order valence-electron chi connectivity index (χ3n) is 5.44. The SMILES string of the molecule is O=c1[nH]cc(-c2ccc(Cl)cc2)cc1CNC(CN1CCOCC1)c1ccccc1. The topological polar surface area (TPSA) is 57.4 Å². The highest BCUT2D eigenvalue weighted by Crippen LogP contribution is 2.21. The summed E-state index contributed by atoms with van der Waals surface area (Å²) in [7, 11) is 0. The van der Waals surface area contributed by atoms with E-state index in [1.54, 1.807) is 6.20 Å². The van der Waals surface area contributed by atoms with Crippen LogP contribution in [0.3, 0.4) is 0 Å². The van der Waals surface area contributed by atoms with Gasteiger partial charge in [0.2, 0.25) is 0 Å². The third-order valence-corrected chi connectivity index (χ3v) is 5.70. The summed E-state index contributed by atoms with van der Waals surface area (Å²) in [6.45, 7) is 4.76. The van der Waals surface area contributed by atoms with E-state index < -0.39 is 0 Å². The predicted octanol–water partition coefficient (Wildman–Crippen LogP) is 3.86. The fraction of sp³-hybridized carbons (Fsp3) is 0.292. The number of nitrogens with one attached hydrogen (secondary N) is 2. The van der Waals surface area contributed by atoms with Gasteiger partial charge in [0, 0.05) is 49.0 Å². The number of aromatic nitrogens is 1. The van der Waals surface area contributed by atoms with Crippen LogP contribution in [0.4, 0.5) is 0 Å². The van der Waals surface area contributed by atoms with E-state index >= 15 is 0 Å². The molecule has 0 bridgehead atoms. The van der Waals surface area contributed by atoms with Crippen molar-refractivity contribution in [3.63, 3.8) is 0 Å². The van der Waals surface area contributed by atoms with Gasteiger partial charge in [-0.05, 0) is 34.9 Å². The van der Waals surface area contributed by atoms with Crippen molar-refractivity contribution in [1.29, 1.82) is 0 Å². The number of aromatic amines is 1. The molecule has 0 aliphatic carbocycles. The smallest absolute Gasteiger partial charge is 0.252 e. The Bertz CT molecular complexity index is 999. The molecule has 3 aromatic rings. The van der Waals surface area contributed by atoms with Gasteiger partial charge in [-0.2, -0.15) is 0 Å². The van der Waals surface area contributed by atoms with Crippen LogP contribution >= 0.6 is 11.6 Å². The normalized spacial score (nSPS) is 15.8. The molecule has 4 rings (SSSR count). The molecule has 2 N–H and O–H groups in total. The van der Waals surface area contributed by atoms with Gasteiger partial charge in [0.1, 0.15) is 0 Å². The molecule has 156 valence electrons. The number of hydrogen-bond acceptors (Lipinski definition) is 4. The molecule has 1 unspecified atom stereocenters. The highest BCUT2D eigenvalue weighted by Gasteiger charge is 2.18. The van der Waals surface area contributed by atoms with E-state index in [0.29, 0.717) is 17.1 Å². The van der Waals surface area contributed by atoms with E-state index in [0.717, 1.165) is 44.0 Å². The Balaban J connectivity index is 1.51. The average molecular weight is 424 g/mol. The first-order valence-electron chi connectivity index (χ1n) is 10.2. The highest BCUT2D eigenvalue weighted by atomic mass is 35.5. The molecular formula is C24H26ClN3O2. The summed E-state index contributed by atoms with van der Waals surface area (Å²) in [5, 5.41) is 4.30. The Labute approximate surface area is 181 Å². The fourth-order valence-corrected chi connectivity index (χ4v) is 3.85. The Hall–Kier alpha value is -2.44. The zero-order valence-electron chi connectivity index (χ0n) is 16.8. The van der Waals surface area contributed by atoms with Crippen LogP contribution < -0.4 is 10.9 Å². The van der Waals surface area contributed by atoms with Crippen molar-refractivity contribution in [2.75, 3.05) is 32.8 Å². The van der Waals surface area contributed by atoms with Crippen molar-refractivity contribution in [3.8, 4) is 11.1 Å². The maximum absolute atomic E-state index is 12.5. The molecule has 0 spiro atoms. The van der Waals surface area contributed by atoms with Crippen molar-refractivity contribution < 1.29 is 4.74 Å². The Morgan fingerprint density at radius 1 is 1.03 bits per heavy atom. The molecule has 5 nitrogen and oxygen atoms in total. The molecule has 6 heteroatoms. The summed E-state index contributed by atoms with van der Waals surface area (Å²) >= 11 is 6.00. The third kappa shape index (κ3) is 5.37. The van der Waals surface area contributed by atoms with Crippen LogP contribution in [0.5, 0.6) is 0 Å². The average Bonchev–Trinajstić information content (AvgIpc) is 2.79. The van der Waals surface area contributed by atoms with Crippen LogP contribution in [-0.4, -0.2) is 42.7 Å². The van der Waals surface area contributed by atoms with Crippen LogP contribution in [0.1, 0.15) is 17.2 Å². The highest BCUT2D eigenvalue weighted by molar-refractivity contribution is 6.30. The summed E-state index contributed by atoms with van der Waals surface area (Å²) in [6, 6.07) is 20.1. The largest absolute Gasteiger partial charge is 0.379 e. The second kappa shape index (κ2) is 10.0. The first-order valence-corrected chi connectivity index (χ1v) is 10.6. The van der Waals surface area contributed by atoms with E-state index in [-0.39, 0.29) is 11.6 Å². The molecule has 30 heavy (non-hydrogen) atoms. The van der Waals surface area contributed by atoms with E-state index in [1.165, 1.54) is 5.56 Å². The number of benzene rings is 2. The standard InChI is InChI=1S/C24H26ClN3O2/c25-22-8-6-18(7-9-22)20-14-21(24(29)27-15-20)16-26-23(19-4-2-1-3-5-19)17-28-10-12-30-13-11-28/h1-9,14-15,23,26H,10-13,16-17H2,(H,27,29). The number of hydrogen-bond donors (Lipinski definition) is 2. The lowest BCUT2D eigenvalue weighted by Crippen LogP contribution is -2.42. The monoisotopic (exact) mass is 423 g/mol. The number of ether oxygens (including phenoxy) is 1. The molecule has 1 aliphatic heterocycles. The van der Waals surface area contributed by atoms with E-state index in [4.69, 9.17) is 16.3 Å². The number of H-pyrrole nitrogens is 1. The quantitative estimate of drug-likeness (QED) is 0.606. The second-order valence-electron chi connectivity index (χ2n) is 7.51. The van der Waals surface area contributed by atoms with E-state index in [2.05, 4.69) is 39.5 Å². The lowest BCUT2D eigenvalue weighted by atomic mass is 10.0. The van der Waals surface area contributed by atoms with Gasteiger partial charge in [-0.1, -0.05) is 54.1 Å². The molecule has 1 aliphatic rings. The predicted molar refractivity (Wildman–Crippen MR) is 121 cm³/mol. The maximum Gasteiger partial charge on any atom is 0.252 e. The van der Waals surface area contributed by atoms with Crippen molar-refractivity contribution in [1.82, 2.24) is 15.2 Å². The minimum atomic E-state index is -0.0709. The van der Waals surface area contributed by atoms with Crippen molar-refractivity contribution in [2.45, 2.75) is 12.6 Å². The van der Waals surface area contributed by atoms with Crippen LogP contribution in [0.2, 0.25) is 5.02 Å². The van der Waals surface area contributed by atoms with Gasteiger partial charge in [0.05, 0.1) is 13.2 Å². The summed E-state index contributed by atoms with van der Waals surface area (Å²) in [6.07, 6.45) is 1.75. The molecule has 2 aromatic carbocycles. The van der Waals surface area contributed by atoms with E-state index in [1.807, 2.05) is 36.4 Å².